The highest BCUT2D eigenvalue weighted by atomic mass is 15.2. The van der Waals surface area contributed by atoms with Crippen molar-refractivity contribution in [3.05, 3.63) is 0 Å². The minimum Gasteiger partial charge on any atom is -0.297 e. The SMILES string of the molecule is CCCC(C)CN(C(C)C(C)C)[C@H](C)CC. The molecule has 0 aromatic carbocycles. The van der Waals surface area contributed by atoms with E-state index in [0.29, 0.717) is 6.04 Å². The molecule has 1 heteroatoms. The van der Waals surface area contributed by atoms with Gasteiger partial charge in [-0.05, 0) is 38.5 Å². The predicted molar refractivity (Wildman–Crippen MR) is 74.8 cm³/mol. The van der Waals surface area contributed by atoms with E-state index >= 15 is 0 Å². The third-order valence-corrected chi connectivity index (χ3v) is 3.95. The molecule has 0 aliphatic carbocycles. The predicted octanol–water partition coefficient (Wildman–Crippen LogP) is 4.57. The maximum absolute atomic E-state index is 2.71. The van der Waals surface area contributed by atoms with Gasteiger partial charge in [-0.15, -0.1) is 0 Å². The molecule has 3 atom stereocenters. The van der Waals surface area contributed by atoms with E-state index in [1.807, 2.05) is 0 Å². The number of rotatable bonds is 8. The lowest BCUT2D eigenvalue weighted by Crippen LogP contribution is -2.45. The van der Waals surface area contributed by atoms with Crippen molar-refractivity contribution in [3.8, 4) is 0 Å². The van der Waals surface area contributed by atoms with Gasteiger partial charge in [0, 0.05) is 18.6 Å². The molecular weight excluding hydrogens is 194 g/mol. The molecule has 0 rings (SSSR count). The summed E-state index contributed by atoms with van der Waals surface area (Å²) in [5, 5.41) is 0. The third-order valence-electron chi connectivity index (χ3n) is 3.95. The topological polar surface area (TPSA) is 3.24 Å². The summed E-state index contributed by atoms with van der Waals surface area (Å²) in [5.41, 5.74) is 0. The second kappa shape index (κ2) is 8.11. The van der Waals surface area contributed by atoms with Crippen molar-refractivity contribution in [1.82, 2.24) is 4.90 Å². The van der Waals surface area contributed by atoms with Crippen molar-refractivity contribution in [1.29, 1.82) is 0 Å². The summed E-state index contributed by atoms with van der Waals surface area (Å²) in [7, 11) is 0. The number of nitrogens with zero attached hydrogens (tertiary/aromatic N) is 1. The van der Waals surface area contributed by atoms with Gasteiger partial charge in [0.25, 0.3) is 0 Å². The van der Waals surface area contributed by atoms with Crippen LogP contribution >= 0.6 is 0 Å². The molecule has 0 aromatic heterocycles. The van der Waals surface area contributed by atoms with Crippen LogP contribution in [0.5, 0.6) is 0 Å². The lowest BCUT2D eigenvalue weighted by atomic mass is 9.98. The van der Waals surface area contributed by atoms with Gasteiger partial charge in [0.15, 0.2) is 0 Å². The molecule has 0 bridgehead atoms. The van der Waals surface area contributed by atoms with Crippen molar-refractivity contribution in [2.24, 2.45) is 11.8 Å². The first-order chi connectivity index (χ1) is 7.43. The van der Waals surface area contributed by atoms with Gasteiger partial charge in [-0.25, -0.2) is 0 Å². The maximum Gasteiger partial charge on any atom is 0.00928 e. The van der Waals surface area contributed by atoms with Crippen LogP contribution in [0.25, 0.3) is 0 Å². The highest BCUT2D eigenvalue weighted by molar-refractivity contribution is 4.76. The number of hydrogen-bond donors (Lipinski definition) is 0. The van der Waals surface area contributed by atoms with Crippen LogP contribution in [0, 0.1) is 11.8 Å². The molecule has 2 unspecified atom stereocenters. The van der Waals surface area contributed by atoms with Gasteiger partial charge in [-0.1, -0.05) is 41.0 Å². The summed E-state index contributed by atoms with van der Waals surface area (Å²) in [5.74, 6) is 1.59. The Hall–Kier alpha value is -0.0400. The second-order valence-corrected chi connectivity index (χ2v) is 5.83. The Kier molecular flexibility index (Phi) is 8.09. The van der Waals surface area contributed by atoms with Gasteiger partial charge >= 0.3 is 0 Å². The van der Waals surface area contributed by atoms with E-state index in [4.69, 9.17) is 0 Å². The molecule has 0 aliphatic rings. The van der Waals surface area contributed by atoms with Crippen LogP contribution < -0.4 is 0 Å². The fourth-order valence-electron chi connectivity index (χ4n) is 2.31. The highest BCUT2D eigenvalue weighted by Gasteiger charge is 2.22. The van der Waals surface area contributed by atoms with E-state index < -0.39 is 0 Å². The molecule has 0 radical (unpaired) electrons. The Bertz CT molecular complexity index is 165. The van der Waals surface area contributed by atoms with Crippen LogP contribution in [0.4, 0.5) is 0 Å². The minimum atomic E-state index is 0.703. The summed E-state index contributed by atoms with van der Waals surface area (Å²) in [6, 6.07) is 1.42. The van der Waals surface area contributed by atoms with Crippen LogP contribution in [-0.2, 0) is 0 Å². The van der Waals surface area contributed by atoms with Gasteiger partial charge in [0.1, 0.15) is 0 Å². The van der Waals surface area contributed by atoms with Gasteiger partial charge in [-0.3, -0.25) is 4.90 Å². The summed E-state index contributed by atoms with van der Waals surface area (Å²) in [6.07, 6.45) is 3.93. The van der Waals surface area contributed by atoms with Crippen LogP contribution in [-0.4, -0.2) is 23.5 Å². The Morgan fingerprint density at radius 3 is 1.88 bits per heavy atom. The summed E-state index contributed by atoms with van der Waals surface area (Å²) in [6.45, 7) is 17.7. The van der Waals surface area contributed by atoms with Crippen molar-refractivity contribution in [2.45, 2.75) is 79.8 Å². The van der Waals surface area contributed by atoms with E-state index in [0.717, 1.165) is 17.9 Å². The molecular formula is C15H33N. The van der Waals surface area contributed by atoms with Crippen LogP contribution in [0.2, 0.25) is 0 Å². The van der Waals surface area contributed by atoms with Gasteiger partial charge in [0.2, 0.25) is 0 Å². The lowest BCUT2D eigenvalue weighted by molar-refractivity contribution is 0.0982. The first-order valence-corrected chi connectivity index (χ1v) is 7.19. The Balaban J connectivity index is 4.42. The van der Waals surface area contributed by atoms with Gasteiger partial charge in [-0.2, -0.15) is 0 Å². The van der Waals surface area contributed by atoms with E-state index in [9.17, 15) is 0 Å². The first-order valence-electron chi connectivity index (χ1n) is 7.19. The molecule has 16 heavy (non-hydrogen) atoms. The molecule has 0 fully saturated rings. The van der Waals surface area contributed by atoms with Crippen molar-refractivity contribution >= 4 is 0 Å². The normalized spacial score (nSPS) is 17.8. The molecule has 0 saturated heterocycles. The fourth-order valence-corrected chi connectivity index (χ4v) is 2.31. The molecule has 0 aliphatic heterocycles. The summed E-state index contributed by atoms with van der Waals surface area (Å²) < 4.78 is 0. The van der Waals surface area contributed by atoms with Gasteiger partial charge < -0.3 is 0 Å². The lowest BCUT2D eigenvalue weighted by Gasteiger charge is -2.38. The number of hydrogen-bond acceptors (Lipinski definition) is 1. The maximum atomic E-state index is 2.71. The monoisotopic (exact) mass is 227 g/mol. The standard InChI is InChI=1S/C15H33N/c1-8-10-13(5)11-16(14(6)9-2)15(7)12(3)4/h12-15H,8-11H2,1-7H3/t13?,14-,15?/m1/s1. The summed E-state index contributed by atoms with van der Waals surface area (Å²) >= 11 is 0. The Morgan fingerprint density at radius 1 is 0.938 bits per heavy atom. The van der Waals surface area contributed by atoms with Gasteiger partial charge in [0.05, 0.1) is 0 Å². The van der Waals surface area contributed by atoms with E-state index in [1.54, 1.807) is 0 Å². The minimum absolute atomic E-state index is 0.703. The average molecular weight is 227 g/mol. The third kappa shape index (κ3) is 5.34. The molecule has 0 spiro atoms. The second-order valence-electron chi connectivity index (χ2n) is 5.83. The molecule has 0 aromatic rings. The molecule has 98 valence electrons. The van der Waals surface area contributed by atoms with Crippen LogP contribution in [0.15, 0.2) is 0 Å². The van der Waals surface area contributed by atoms with E-state index in [2.05, 4.69) is 53.4 Å². The first kappa shape index (κ1) is 16.0. The Labute approximate surface area is 104 Å². The molecule has 0 amide bonds. The largest absolute Gasteiger partial charge is 0.297 e. The van der Waals surface area contributed by atoms with E-state index in [1.165, 1.54) is 25.8 Å². The zero-order chi connectivity index (χ0) is 12.7. The quantitative estimate of drug-likeness (QED) is 0.587. The van der Waals surface area contributed by atoms with Crippen LogP contribution in [0.1, 0.15) is 67.7 Å². The molecule has 0 heterocycles. The molecule has 0 saturated carbocycles. The zero-order valence-electron chi connectivity index (χ0n) is 12.6. The van der Waals surface area contributed by atoms with Crippen LogP contribution in [0.3, 0.4) is 0 Å². The smallest absolute Gasteiger partial charge is 0.00928 e. The Morgan fingerprint density at radius 2 is 1.50 bits per heavy atom. The molecule has 0 N–H and O–H groups in total. The zero-order valence-corrected chi connectivity index (χ0v) is 12.6. The van der Waals surface area contributed by atoms with Crippen molar-refractivity contribution < 1.29 is 0 Å². The van der Waals surface area contributed by atoms with E-state index in [-0.39, 0.29) is 0 Å². The average Bonchev–Trinajstić information content (AvgIpc) is 2.24. The fraction of sp³-hybridized carbons (Fsp3) is 1.00. The summed E-state index contributed by atoms with van der Waals surface area (Å²) in [4.78, 5) is 2.71. The van der Waals surface area contributed by atoms with Crippen molar-refractivity contribution in [2.75, 3.05) is 6.54 Å². The molecule has 1 nitrogen and oxygen atoms in total. The highest BCUT2D eigenvalue weighted by Crippen LogP contribution is 2.19. The van der Waals surface area contributed by atoms with Crippen molar-refractivity contribution in [3.63, 3.8) is 0 Å².